The number of hydrazine groups is 1. The minimum Gasteiger partial charge on any atom is -0.330 e. The van der Waals surface area contributed by atoms with Gasteiger partial charge in [0.25, 0.3) is 0 Å². The second kappa shape index (κ2) is 12.4. The van der Waals surface area contributed by atoms with Crippen LogP contribution in [0, 0.1) is 0 Å². The molecule has 0 fully saturated rings. The van der Waals surface area contributed by atoms with Crippen LogP contribution in [0.1, 0.15) is 36.5 Å². The molecule has 33 heavy (non-hydrogen) atoms. The first-order valence-electron chi connectivity index (χ1n) is 10.9. The Morgan fingerprint density at radius 1 is 1.21 bits per heavy atom. The molecule has 4 N–H and O–H groups in total. The molecule has 0 unspecified atom stereocenters. The second-order valence-corrected chi connectivity index (χ2v) is 8.17. The minimum atomic E-state index is -0.378. The van der Waals surface area contributed by atoms with Gasteiger partial charge in [-0.05, 0) is 48.2 Å². The Balaban J connectivity index is 1.56. The van der Waals surface area contributed by atoms with E-state index in [0.29, 0.717) is 37.5 Å². The van der Waals surface area contributed by atoms with Gasteiger partial charge in [-0.15, -0.1) is 0 Å². The summed E-state index contributed by atoms with van der Waals surface area (Å²) in [5.74, 6) is -0.172. The highest BCUT2D eigenvalue weighted by Crippen LogP contribution is 2.19. The first-order valence-corrected chi connectivity index (χ1v) is 11.3. The highest BCUT2D eigenvalue weighted by molar-refractivity contribution is 6.31. The smallest absolute Gasteiger partial charge is 0.330 e. The summed E-state index contributed by atoms with van der Waals surface area (Å²) in [6, 6.07) is 14.6. The number of carbonyl (C=O) groups is 2. The molecule has 0 spiro atoms. The number of hydroxylamine groups is 1. The molecule has 3 amide bonds. The molecule has 2 aromatic rings. The lowest BCUT2D eigenvalue weighted by Crippen LogP contribution is -2.51. The quantitative estimate of drug-likeness (QED) is 0.461. The Morgan fingerprint density at radius 2 is 1.97 bits per heavy atom. The number of nitrogens with one attached hydrogen (secondary N) is 2. The van der Waals surface area contributed by atoms with E-state index < -0.39 is 0 Å². The van der Waals surface area contributed by atoms with E-state index in [9.17, 15) is 9.59 Å². The van der Waals surface area contributed by atoms with Crippen molar-refractivity contribution in [3.8, 4) is 0 Å². The molecule has 0 aromatic heterocycles. The van der Waals surface area contributed by atoms with Crippen LogP contribution in [-0.4, -0.2) is 41.0 Å². The monoisotopic (exact) mass is 471 g/mol. The molecule has 2 aromatic carbocycles. The van der Waals surface area contributed by atoms with Gasteiger partial charge in [-0.2, -0.15) is 0 Å². The molecule has 0 aliphatic carbocycles. The van der Waals surface area contributed by atoms with E-state index in [0.717, 1.165) is 16.7 Å². The summed E-state index contributed by atoms with van der Waals surface area (Å²) in [6.45, 7) is 2.90. The minimum absolute atomic E-state index is 0.106. The van der Waals surface area contributed by atoms with E-state index in [2.05, 4.69) is 10.9 Å². The fourth-order valence-corrected chi connectivity index (χ4v) is 3.80. The van der Waals surface area contributed by atoms with E-state index >= 15 is 0 Å². The maximum absolute atomic E-state index is 12.6. The average molecular weight is 472 g/mol. The number of rotatable bonds is 10. The lowest BCUT2D eigenvalue weighted by Gasteiger charge is -2.31. The molecular formula is C24H30ClN5O3. The molecule has 1 heterocycles. The molecule has 1 aliphatic heterocycles. The van der Waals surface area contributed by atoms with Gasteiger partial charge in [0.15, 0.2) is 0 Å². The molecule has 1 atom stereocenters. The van der Waals surface area contributed by atoms with Crippen LogP contribution in [0.3, 0.4) is 0 Å². The Labute approximate surface area is 199 Å². The van der Waals surface area contributed by atoms with Gasteiger partial charge in [0.1, 0.15) is 0 Å². The van der Waals surface area contributed by atoms with E-state index in [-0.39, 0.29) is 24.6 Å². The Bertz CT molecular complexity index is 984. The summed E-state index contributed by atoms with van der Waals surface area (Å²) in [4.78, 5) is 32.0. The van der Waals surface area contributed by atoms with E-state index in [4.69, 9.17) is 22.2 Å². The summed E-state index contributed by atoms with van der Waals surface area (Å²) in [6.07, 6.45) is 4.92. The number of fused-ring (bicyclic) bond motifs is 1. The van der Waals surface area contributed by atoms with Crippen LogP contribution in [0.25, 0.3) is 6.08 Å². The van der Waals surface area contributed by atoms with Crippen LogP contribution in [-0.2, 0) is 22.7 Å². The number of amides is 3. The average Bonchev–Trinajstić information content (AvgIpc) is 2.82. The molecule has 0 bridgehead atoms. The van der Waals surface area contributed by atoms with Crippen LogP contribution in [0.5, 0.6) is 0 Å². The lowest BCUT2D eigenvalue weighted by molar-refractivity contribution is -0.138. The summed E-state index contributed by atoms with van der Waals surface area (Å²) in [5.41, 5.74) is 14.3. The number of halogens is 1. The number of hydrogen-bond acceptors (Lipinski definition) is 5. The topological polar surface area (TPSA) is 99.9 Å². The van der Waals surface area contributed by atoms with Crippen LogP contribution < -0.4 is 16.6 Å². The summed E-state index contributed by atoms with van der Waals surface area (Å²) in [7, 11) is 0. The maximum Gasteiger partial charge on any atom is 0.345 e. The van der Waals surface area contributed by atoms with Gasteiger partial charge >= 0.3 is 6.03 Å². The Kier molecular flexibility index (Phi) is 9.26. The molecular weight excluding hydrogens is 442 g/mol. The second-order valence-electron chi connectivity index (χ2n) is 7.76. The third-order valence-corrected chi connectivity index (χ3v) is 5.74. The number of nitrogens with zero attached hydrogens (tertiary/aromatic N) is 2. The third-order valence-electron chi connectivity index (χ3n) is 5.37. The fraction of sp³-hybridized carbons (Fsp3) is 0.333. The van der Waals surface area contributed by atoms with Gasteiger partial charge in [-0.3, -0.25) is 19.5 Å². The standard InChI is InChI=1S/C24H30ClN5O3/c1-18(31)30(27-15-20-8-4-5-11-23(20)25)22(10-6-13-26)17-33-28-24(32)29-14-12-19-7-2-3-9-21(19)16-29/h2-5,7-9,11-12,14,22,27H,6,10,13,15-17,26H2,1H3,(H,28,32)/t22-/m0/s1. The van der Waals surface area contributed by atoms with Crippen molar-refractivity contribution >= 4 is 29.6 Å². The van der Waals surface area contributed by atoms with Crippen LogP contribution >= 0.6 is 11.6 Å². The molecule has 0 saturated carbocycles. The van der Waals surface area contributed by atoms with Crippen molar-refractivity contribution in [1.82, 2.24) is 20.8 Å². The van der Waals surface area contributed by atoms with Gasteiger partial charge in [-0.25, -0.2) is 15.7 Å². The highest BCUT2D eigenvalue weighted by atomic mass is 35.5. The van der Waals surface area contributed by atoms with Crippen molar-refractivity contribution in [2.45, 2.75) is 38.9 Å². The zero-order valence-electron chi connectivity index (χ0n) is 18.7. The van der Waals surface area contributed by atoms with Crippen molar-refractivity contribution in [3.63, 3.8) is 0 Å². The predicted octanol–water partition coefficient (Wildman–Crippen LogP) is 3.43. The molecule has 0 radical (unpaired) electrons. The molecule has 8 nitrogen and oxygen atoms in total. The SMILES string of the molecule is CC(=O)N(NCc1ccccc1Cl)[C@@H](CCCN)CONC(=O)N1C=Cc2ccccc2C1. The molecule has 0 saturated heterocycles. The highest BCUT2D eigenvalue weighted by Gasteiger charge is 2.23. The fourth-order valence-electron chi connectivity index (χ4n) is 3.60. The first-order chi connectivity index (χ1) is 16.0. The number of urea groups is 1. The van der Waals surface area contributed by atoms with Gasteiger partial charge in [0, 0.05) is 24.7 Å². The number of hydrogen-bond donors (Lipinski definition) is 3. The summed E-state index contributed by atoms with van der Waals surface area (Å²) >= 11 is 6.23. The van der Waals surface area contributed by atoms with Crippen LogP contribution in [0.2, 0.25) is 5.02 Å². The van der Waals surface area contributed by atoms with Gasteiger partial charge in [0.2, 0.25) is 5.91 Å². The van der Waals surface area contributed by atoms with Gasteiger partial charge in [-0.1, -0.05) is 54.1 Å². The third kappa shape index (κ3) is 7.03. The maximum atomic E-state index is 12.6. The molecule has 3 rings (SSSR count). The number of nitrogens with two attached hydrogens (primary N) is 1. The zero-order valence-corrected chi connectivity index (χ0v) is 19.4. The number of carbonyl (C=O) groups excluding carboxylic acids is 2. The summed E-state index contributed by atoms with van der Waals surface area (Å²) < 4.78 is 0. The zero-order chi connectivity index (χ0) is 23.6. The molecule has 1 aliphatic rings. The Hall–Kier alpha value is -2.91. The largest absolute Gasteiger partial charge is 0.345 e. The van der Waals surface area contributed by atoms with Crippen molar-refractivity contribution in [2.24, 2.45) is 5.73 Å². The lowest BCUT2D eigenvalue weighted by atomic mass is 10.0. The van der Waals surface area contributed by atoms with E-state index in [1.807, 2.05) is 48.5 Å². The normalized spacial score (nSPS) is 13.4. The Morgan fingerprint density at radius 3 is 2.73 bits per heavy atom. The van der Waals surface area contributed by atoms with Gasteiger partial charge < -0.3 is 5.73 Å². The van der Waals surface area contributed by atoms with Crippen molar-refractivity contribution in [3.05, 3.63) is 76.4 Å². The van der Waals surface area contributed by atoms with Crippen molar-refractivity contribution < 1.29 is 14.4 Å². The van der Waals surface area contributed by atoms with Crippen molar-refractivity contribution in [1.29, 1.82) is 0 Å². The predicted molar refractivity (Wildman–Crippen MR) is 128 cm³/mol. The molecule has 176 valence electrons. The van der Waals surface area contributed by atoms with E-state index in [1.54, 1.807) is 12.3 Å². The van der Waals surface area contributed by atoms with Crippen LogP contribution in [0.4, 0.5) is 4.79 Å². The van der Waals surface area contributed by atoms with E-state index in [1.165, 1.54) is 16.8 Å². The number of benzene rings is 2. The first kappa shape index (κ1) is 24.7. The summed E-state index contributed by atoms with van der Waals surface area (Å²) in [5, 5.41) is 2.13. The van der Waals surface area contributed by atoms with Crippen LogP contribution in [0.15, 0.2) is 54.7 Å². The molecule has 9 heteroatoms. The van der Waals surface area contributed by atoms with Crippen molar-refractivity contribution in [2.75, 3.05) is 13.2 Å². The van der Waals surface area contributed by atoms with Gasteiger partial charge in [0.05, 0.1) is 19.2 Å².